The normalized spacial score (nSPS) is 18.8. The molecule has 0 spiro atoms. The molecule has 0 bridgehead atoms. The molecule has 0 radical (unpaired) electrons. The SMILES string of the molecule is COc1ccc(C(OC[C@H]2O[C@@H](n3cnc4c(NC(=O)c5ccccc5)ncnc43)[C@H](OC)[C@@H]2I)(c2ccccc2)c2ccc(OC)cc2)cc1. The van der Waals surface area contributed by atoms with Gasteiger partial charge in [0, 0.05) is 12.7 Å². The highest BCUT2D eigenvalue weighted by Crippen LogP contribution is 2.44. The summed E-state index contributed by atoms with van der Waals surface area (Å²) in [6, 6.07) is 34.9. The molecular weight excluding hydrogens is 761 g/mol. The Balaban J connectivity index is 1.22. The topological polar surface area (TPSA) is 119 Å². The highest BCUT2D eigenvalue weighted by atomic mass is 127. The molecule has 11 nitrogen and oxygen atoms in total. The Labute approximate surface area is 309 Å². The van der Waals surface area contributed by atoms with Crippen LogP contribution in [0, 0.1) is 0 Å². The van der Waals surface area contributed by atoms with Crippen LogP contribution in [0.25, 0.3) is 11.2 Å². The number of methoxy groups -OCH3 is 3. The van der Waals surface area contributed by atoms with Gasteiger partial charge >= 0.3 is 0 Å². The number of benzene rings is 4. The molecule has 0 aliphatic carbocycles. The summed E-state index contributed by atoms with van der Waals surface area (Å²) in [4.78, 5) is 26.4. The van der Waals surface area contributed by atoms with Crippen LogP contribution in [0.1, 0.15) is 33.3 Å². The zero-order chi connectivity index (χ0) is 35.4. The molecule has 1 aliphatic heterocycles. The van der Waals surface area contributed by atoms with Crippen molar-refractivity contribution in [1.29, 1.82) is 0 Å². The summed E-state index contributed by atoms with van der Waals surface area (Å²) in [7, 11) is 4.97. The molecule has 2 aromatic heterocycles. The van der Waals surface area contributed by atoms with Crippen LogP contribution < -0.4 is 14.8 Å². The molecule has 4 atom stereocenters. The number of alkyl halides is 1. The average molecular weight is 798 g/mol. The van der Waals surface area contributed by atoms with Crippen LogP contribution in [-0.4, -0.2) is 69.5 Å². The monoisotopic (exact) mass is 797 g/mol. The minimum atomic E-state index is -1.01. The fraction of sp³-hybridized carbons (Fsp3) is 0.231. The molecule has 6 aromatic rings. The lowest BCUT2D eigenvalue weighted by molar-refractivity contribution is -0.0883. The molecule has 3 heterocycles. The van der Waals surface area contributed by atoms with Gasteiger partial charge in [-0.3, -0.25) is 9.36 Å². The number of rotatable bonds is 12. The number of ether oxygens (including phenoxy) is 5. The molecule has 0 saturated carbocycles. The Morgan fingerprint density at radius 1 is 0.804 bits per heavy atom. The standard InChI is InChI=1S/C39H36IN5O6/c1-47-29-18-14-27(15-19-29)39(26-12-8-5-9-13-26,28-16-20-30(48-2)21-17-28)50-22-31-32(40)34(49-3)38(51-31)45-24-43-33-35(41-23-42-36(33)45)44-37(46)25-10-6-4-7-11-25/h4-21,23-24,31-32,34,38H,22H2,1-3H3,(H,41,42,44,46)/t31-,32-,34-,38-/m1/s1. The van der Waals surface area contributed by atoms with Crippen LogP contribution >= 0.6 is 22.6 Å². The highest BCUT2D eigenvalue weighted by molar-refractivity contribution is 14.1. The third-order valence-corrected chi connectivity index (χ3v) is 10.6. The molecule has 1 aliphatic rings. The summed E-state index contributed by atoms with van der Waals surface area (Å²) < 4.78 is 32.7. The van der Waals surface area contributed by atoms with Gasteiger partial charge < -0.3 is 29.0 Å². The first kappa shape index (κ1) is 34.6. The van der Waals surface area contributed by atoms with E-state index < -0.39 is 17.9 Å². The van der Waals surface area contributed by atoms with Gasteiger partial charge in [-0.25, -0.2) is 15.0 Å². The zero-order valence-electron chi connectivity index (χ0n) is 28.2. The minimum absolute atomic E-state index is 0.116. The molecule has 0 unspecified atom stereocenters. The molecule has 12 heteroatoms. The van der Waals surface area contributed by atoms with Crippen molar-refractivity contribution in [2.75, 3.05) is 33.3 Å². The van der Waals surface area contributed by atoms with Gasteiger partial charge in [0.2, 0.25) is 0 Å². The van der Waals surface area contributed by atoms with Crippen molar-refractivity contribution >= 4 is 45.5 Å². The number of hydrogen-bond donors (Lipinski definition) is 1. The number of anilines is 1. The van der Waals surface area contributed by atoms with Gasteiger partial charge in [-0.2, -0.15) is 0 Å². The third-order valence-electron chi connectivity index (χ3n) is 9.07. The predicted octanol–water partition coefficient (Wildman–Crippen LogP) is 6.82. The number of nitrogens with zero attached hydrogens (tertiary/aromatic N) is 4. The van der Waals surface area contributed by atoms with E-state index in [-0.39, 0.29) is 22.5 Å². The Hall–Kier alpha value is -4.89. The molecule has 7 rings (SSSR count). The maximum atomic E-state index is 13.0. The van der Waals surface area contributed by atoms with Crippen LogP contribution in [0.3, 0.4) is 0 Å². The minimum Gasteiger partial charge on any atom is -0.497 e. The smallest absolute Gasteiger partial charge is 0.256 e. The Kier molecular flexibility index (Phi) is 10.3. The van der Waals surface area contributed by atoms with Crippen molar-refractivity contribution in [3.63, 3.8) is 0 Å². The van der Waals surface area contributed by atoms with Crippen LogP contribution in [0.2, 0.25) is 0 Å². The van der Waals surface area contributed by atoms with Crippen LogP contribution in [0.5, 0.6) is 11.5 Å². The summed E-state index contributed by atoms with van der Waals surface area (Å²) >= 11 is 2.38. The van der Waals surface area contributed by atoms with Gasteiger partial charge in [0.25, 0.3) is 5.91 Å². The Morgan fingerprint density at radius 2 is 1.39 bits per heavy atom. The van der Waals surface area contributed by atoms with E-state index >= 15 is 0 Å². The highest BCUT2D eigenvalue weighted by Gasteiger charge is 2.47. The first-order chi connectivity index (χ1) is 25.0. The van der Waals surface area contributed by atoms with E-state index in [0.29, 0.717) is 22.5 Å². The summed E-state index contributed by atoms with van der Waals surface area (Å²) in [5, 5.41) is 2.87. The lowest BCUT2D eigenvalue weighted by Gasteiger charge is -2.37. The lowest BCUT2D eigenvalue weighted by Crippen LogP contribution is -2.38. The second-order valence-electron chi connectivity index (χ2n) is 11.9. The predicted molar refractivity (Wildman–Crippen MR) is 200 cm³/mol. The summed E-state index contributed by atoms with van der Waals surface area (Å²) in [6.45, 7) is 0.219. The first-order valence-corrected chi connectivity index (χ1v) is 17.6. The van der Waals surface area contributed by atoms with Crippen molar-refractivity contribution in [2.24, 2.45) is 0 Å². The number of carbonyl (C=O) groups is 1. The third kappa shape index (κ3) is 6.67. The van der Waals surface area contributed by atoms with E-state index in [2.05, 4.69) is 55.0 Å². The van der Waals surface area contributed by atoms with E-state index in [9.17, 15) is 4.79 Å². The Bertz CT molecular complexity index is 2030. The van der Waals surface area contributed by atoms with E-state index in [0.717, 1.165) is 28.2 Å². The van der Waals surface area contributed by atoms with E-state index in [1.54, 1.807) is 51.9 Å². The van der Waals surface area contributed by atoms with Gasteiger partial charge in [0.15, 0.2) is 23.2 Å². The summed E-state index contributed by atoms with van der Waals surface area (Å²) in [5.41, 5.74) is 3.22. The number of hydrogen-bond acceptors (Lipinski definition) is 9. The number of nitrogens with one attached hydrogen (secondary N) is 1. The largest absolute Gasteiger partial charge is 0.497 e. The number of amides is 1. The number of fused-ring (bicyclic) bond motifs is 1. The second kappa shape index (κ2) is 15.2. The van der Waals surface area contributed by atoms with Crippen molar-refractivity contribution in [3.8, 4) is 11.5 Å². The molecule has 4 aromatic carbocycles. The Morgan fingerprint density at radius 3 is 1.98 bits per heavy atom. The van der Waals surface area contributed by atoms with Crippen molar-refractivity contribution in [3.05, 3.63) is 144 Å². The van der Waals surface area contributed by atoms with E-state index in [1.807, 2.05) is 77.4 Å². The first-order valence-electron chi connectivity index (χ1n) is 16.3. The zero-order valence-corrected chi connectivity index (χ0v) is 30.3. The van der Waals surface area contributed by atoms with E-state index in [1.165, 1.54) is 6.33 Å². The molecule has 1 amide bonds. The van der Waals surface area contributed by atoms with Crippen molar-refractivity contribution in [2.45, 2.75) is 28.0 Å². The van der Waals surface area contributed by atoms with E-state index in [4.69, 9.17) is 23.7 Å². The van der Waals surface area contributed by atoms with Gasteiger partial charge in [0.1, 0.15) is 29.5 Å². The van der Waals surface area contributed by atoms with Crippen LogP contribution in [0.15, 0.2) is 122 Å². The van der Waals surface area contributed by atoms with Gasteiger partial charge in [-0.05, 0) is 53.1 Å². The second-order valence-corrected chi connectivity index (χ2v) is 13.3. The van der Waals surface area contributed by atoms with Gasteiger partial charge in [0.05, 0.1) is 37.2 Å². The molecule has 51 heavy (non-hydrogen) atoms. The molecular formula is C39H36IN5O6. The molecule has 260 valence electrons. The molecule has 1 fully saturated rings. The lowest BCUT2D eigenvalue weighted by atomic mass is 9.80. The maximum Gasteiger partial charge on any atom is 0.256 e. The summed E-state index contributed by atoms with van der Waals surface area (Å²) in [6.07, 6.45) is 1.69. The van der Waals surface area contributed by atoms with Crippen molar-refractivity contribution < 1.29 is 28.5 Å². The quantitative estimate of drug-likeness (QED) is 0.0809. The number of aromatic nitrogens is 4. The van der Waals surface area contributed by atoms with Gasteiger partial charge in [-0.1, -0.05) is 95.4 Å². The van der Waals surface area contributed by atoms with Crippen LogP contribution in [0.4, 0.5) is 5.82 Å². The maximum absolute atomic E-state index is 13.0. The molecule has 1 saturated heterocycles. The average Bonchev–Trinajstić information content (AvgIpc) is 3.77. The van der Waals surface area contributed by atoms with Gasteiger partial charge in [-0.15, -0.1) is 0 Å². The number of halogens is 1. The molecule has 1 N–H and O–H groups in total. The fourth-order valence-corrected chi connectivity index (χ4v) is 7.51. The number of imidazole rings is 1. The summed E-state index contributed by atoms with van der Waals surface area (Å²) in [5.74, 6) is 1.49. The number of carbonyl (C=O) groups excluding carboxylic acids is 1. The fourth-order valence-electron chi connectivity index (χ4n) is 6.48. The van der Waals surface area contributed by atoms with Crippen molar-refractivity contribution in [1.82, 2.24) is 19.5 Å². The van der Waals surface area contributed by atoms with Crippen LogP contribution in [-0.2, 0) is 19.8 Å².